The van der Waals surface area contributed by atoms with E-state index < -0.39 is 0 Å². The van der Waals surface area contributed by atoms with Crippen molar-refractivity contribution in [2.45, 2.75) is 66.0 Å². The molecule has 1 saturated carbocycles. The van der Waals surface area contributed by atoms with Crippen LogP contribution in [0, 0.1) is 11.3 Å². The Kier molecular flexibility index (Phi) is 11.7. The minimum atomic E-state index is 0. The van der Waals surface area contributed by atoms with E-state index in [1.54, 1.807) is 7.05 Å². The van der Waals surface area contributed by atoms with Crippen molar-refractivity contribution in [2.75, 3.05) is 26.7 Å². The second-order valence-electron chi connectivity index (χ2n) is 6.76. The van der Waals surface area contributed by atoms with Crippen LogP contribution >= 0.6 is 24.0 Å². The number of ether oxygens (including phenoxy) is 1. The fraction of sp³-hybridized carbons (Fsp3) is 0.889. The van der Waals surface area contributed by atoms with E-state index in [-0.39, 0.29) is 41.2 Å². The summed E-state index contributed by atoms with van der Waals surface area (Å²) in [5.41, 5.74) is 0.180. The van der Waals surface area contributed by atoms with Gasteiger partial charge in [-0.25, -0.2) is 0 Å². The van der Waals surface area contributed by atoms with Gasteiger partial charge < -0.3 is 20.7 Å². The molecule has 6 nitrogen and oxygen atoms in total. The van der Waals surface area contributed by atoms with Crippen molar-refractivity contribution in [3.05, 3.63) is 0 Å². The molecular weight excluding hydrogens is 431 g/mol. The van der Waals surface area contributed by atoms with Crippen molar-refractivity contribution in [2.24, 2.45) is 16.3 Å². The predicted molar refractivity (Wildman–Crippen MR) is 115 cm³/mol. The van der Waals surface area contributed by atoms with E-state index in [1.165, 1.54) is 0 Å². The summed E-state index contributed by atoms with van der Waals surface area (Å²) in [6.45, 7) is 12.3. The highest BCUT2D eigenvalue weighted by molar-refractivity contribution is 14.0. The number of aliphatic imine (C=N–C) groups is 1. The standard InChI is InChI=1S/C18H36N4O2.HI/c1-7-18(8-2)14(12-15(18)24-9-3)22-17(19-6)21-11-10-20-16(23)13(4)5;/h13-15H,7-12H2,1-6H3,(H,20,23)(H2,19,21,22);1H. The first-order valence-electron chi connectivity index (χ1n) is 9.31. The summed E-state index contributed by atoms with van der Waals surface area (Å²) in [7, 11) is 1.78. The van der Waals surface area contributed by atoms with E-state index in [0.717, 1.165) is 31.8 Å². The maximum atomic E-state index is 11.6. The Bertz CT molecular complexity index is 425. The van der Waals surface area contributed by atoms with Gasteiger partial charge in [-0.05, 0) is 26.2 Å². The van der Waals surface area contributed by atoms with Crippen LogP contribution < -0.4 is 16.0 Å². The normalized spacial score (nSPS) is 22.0. The minimum Gasteiger partial charge on any atom is -0.378 e. The fourth-order valence-electron chi connectivity index (χ4n) is 3.51. The molecule has 0 aliphatic heterocycles. The SMILES string of the molecule is CCOC1CC(NC(=NC)NCCNC(=O)C(C)C)C1(CC)CC.I. The average molecular weight is 468 g/mol. The first kappa shape index (κ1) is 24.4. The molecule has 0 aromatic carbocycles. The first-order valence-corrected chi connectivity index (χ1v) is 9.31. The molecule has 1 fully saturated rings. The largest absolute Gasteiger partial charge is 0.378 e. The molecule has 3 N–H and O–H groups in total. The molecule has 148 valence electrons. The van der Waals surface area contributed by atoms with Gasteiger partial charge >= 0.3 is 0 Å². The van der Waals surface area contributed by atoms with E-state index in [2.05, 4.69) is 41.7 Å². The summed E-state index contributed by atoms with van der Waals surface area (Å²) in [5.74, 6) is 0.886. The topological polar surface area (TPSA) is 74.8 Å². The van der Waals surface area contributed by atoms with E-state index in [1.807, 2.05) is 13.8 Å². The van der Waals surface area contributed by atoms with Crippen LogP contribution in [0.25, 0.3) is 0 Å². The molecule has 1 aliphatic rings. The molecule has 7 heteroatoms. The number of hydrogen-bond acceptors (Lipinski definition) is 3. The highest BCUT2D eigenvalue weighted by Crippen LogP contribution is 2.48. The van der Waals surface area contributed by atoms with Crippen LogP contribution in [-0.2, 0) is 9.53 Å². The van der Waals surface area contributed by atoms with Crippen molar-refractivity contribution >= 4 is 35.8 Å². The number of amides is 1. The molecular formula is C18H37IN4O2. The molecule has 1 aliphatic carbocycles. The smallest absolute Gasteiger partial charge is 0.222 e. The van der Waals surface area contributed by atoms with Crippen LogP contribution in [0.15, 0.2) is 4.99 Å². The van der Waals surface area contributed by atoms with Gasteiger partial charge in [0.2, 0.25) is 5.91 Å². The van der Waals surface area contributed by atoms with Crippen molar-refractivity contribution in [1.29, 1.82) is 0 Å². The van der Waals surface area contributed by atoms with Crippen molar-refractivity contribution in [1.82, 2.24) is 16.0 Å². The molecule has 0 aromatic heterocycles. The van der Waals surface area contributed by atoms with Gasteiger partial charge in [0, 0.05) is 44.1 Å². The molecule has 1 amide bonds. The number of carbonyl (C=O) groups is 1. The Morgan fingerprint density at radius 1 is 1.20 bits per heavy atom. The molecule has 0 spiro atoms. The summed E-state index contributed by atoms with van der Waals surface area (Å²) < 4.78 is 5.92. The van der Waals surface area contributed by atoms with Crippen LogP contribution in [-0.4, -0.2) is 50.8 Å². The maximum Gasteiger partial charge on any atom is 0.222 e. The lowest BCUT2D eigenvalue weighted by molar-refractivity contribution is -0.133. The van der Waals surface area contributed by atoms with Crippen LogP contribution in [0.3, 0.4) is 0 Å². The Labute approximate surface area is 170 Å². The minimum absolute atomic E-state index is 0. The van der Waals surface area contributed by atoms with Crippen molar-refractivity contribution in [3.8, 4) is 0 Å². The molecule has 2 atom stereocenters. The zero-order valence-corrected chi connectivity index (χ0v) is 19.0. The van der Waals surface area contributed by atoms with Gasteiger partial charge in [-0.15, -0.1) is 24.0 Å². The number of carbonyl (C=O) groups excluding carboxylic acids is 1. The van der Waals surface area contributed by atoms with Gasteiger partial charge in [0.25, 0.3) is 0 Å². The highest BCUT2D eigenvalue weighted by Gasteiger charge is 2.53. The van der Waals surface area contributed by atoms with Crippen molar-refractivity contribution < 1.29 is 9.53 Å². The number of guanidine groups is 1. The van der Waals surface area contributed by atoms with E-state index >= 15 is 0 Å². The zero-order valence-electron chi connectivity index (χ0n) is 16.6. The molecule has 0 heterocycles. The third kappa shape index (κ3) is 6.27. The number of hydrogen-bond donors (Lipinski definition) is 3. The van der Waals surface area contributed by atoms with Gasteiger partial charge in [0.1, 0.15) is 0 Å². The maximum absolute atomic E-state index is 11.6. The van der Waals surface area contributed by atoms with Crippen LogP contribution in [0.1, 0.15) is 53.9 Å². The molecule has 0 aromatic rings. The van der Waals surface area contributed by atoms with Gasteiger partial charge in [0.05, 0.1) is 6.10 Å². The number of nitrogens with one attached hydrogen (secondary N) is 3. The van der Waals surface area contributed by atoms with E-state index in [9.17, 15) is 4.79 Å². The number of rotatable bonds is 9. The number of halogens is 1. The Morgan fingerprint density at radius 3 is 2.28 bits per heavy atom. The van der Waals surface area contributed by atoms with Crippen LogP contribution in [0.2, 0.25) is 0 Å². The summed E-state index contributed by atoms with van der Waals surface area (Å²) in [6, 6.07) is 0.375. The summed E-state index contributed by atoms with van der Waals surface area (Å²) >= 11 is 0. The van der Waals surface area contributed by atoms with Crippen LogP contribution in [0.4, 0.5) is 0 Å². The first-order chi connectivity index (χ1) is 11.4. The fourth-order valence-corrected chi connectivity index (χ4v) is 3.51. The molecule has 2 unspecified atom stereocenters. The summed E-state index contributed by atoms with van der Waals surface area (Å²) in [6.07, 6.45) is 3.53. The van der Waals surface area contributed by atoms with Gasteiger partial charge in [-0.3, -0.25) is 9.79 Å². The lowest BCUT2D eigenvalue weighted by Crippen LogP contribution is -2.65. The highest BCUT2D eigenvalue weighted by atomic mass is 127. The summed E-state index contributed by atoms with van der Waals surface area (Å²) in [4.78, 5) is 15.9. The van der Waals surface area contributed by atoms with Gasteiger partial charge in [-0.2, -0.15) is 0 Å². The van der Waals surface area contributed by atoms with E-state index in [0.29, 0.717) is 25.2 Å². The monoisotopic (exact) mass is 468 g/mol. The third-order valence-electron chi connectivity index (χ3n) is 5.24. The second-order valence-corrected chi connectivity index (χ2v) is 6.76. The third-order valence-corrected chi connectivity index (χ3v) is 5.24. The Hall–Kier alpha value is -0.570. The zero-order chi connectivity index (χ0) is 18.2. The Balaban J connectivity index is 0.00000576. The lowest BCUT2D eigenvalue weighted by Gasteiger charge is -2.55. The number of nitrogens with zero attached hydrogens (tertiary/aromatic N) is 1. The molecule has 25 heavy (non-hydrogen) atoms. The summed E-state index contributed by atoms with van der Waals surface area (Å²) in [5, 5.41) is 9.72. The van der Waals surface area contributed by atoms with Crippen LogP contribution in [0.5, 0.6) is 0 Å². The Morgan fingerprint density at radius 2 is 1.80 bits per heavy atom. The second kappa shape index (κ2) is 11.9. The quantitative estimate of drug-likeness (QED) is 0.211. The molecule has 1 rings (SSSR count). The van der Waals surface area contributed by atoms with Crippen molar-refractivity contribution in [3.63, 3.8) is 0 Å². The van der Waals surface area contributed by atoms with E-state index in [4.69, 9.17) is 4.74 Å². The molecule has 0 bridgehead atoms. The lowest BCUT2D eigenvalue weighted by atomic mass is 9.58. The van der Waals surface area contributed by atoms with Gasteiger partial charge in [-0.1, -0.05) is 27.7 Å². The molecule has 0 saturated heterocycles. The van der Waals surface area contributed by atoms with Gasteiger partial charge in [0.15, 0.2) is 5.96 Å². The predicted octanol–water partition coefficient (Wildman–Crippen LogP) is 2.53. The average Bonchev–Trinajstić information content (AvgIpc) is 2.56. The molecule has 0 radical (unpaired) electrons.